The molecule has 174 valence electrons. The van der Waals surface area contributed by atoms with Crippen molar-refractivity contribution < 1.29 is 14.6 Å². The second-order valence-corrected chi connectivity index (χ2v) is 9.72. The summed E-state index contributed by atoms with van der Waals surface area (Å²) in [5, 5.41) is 19.2. The molecule has 0 fully saturated rings. The van der Waals surface area contributed by atoms with Crippen LogP contribution < -0.4 is 0 Å². The van der Waals surface area contributed by atoms with Gasteiger partial charge in [-0.1, -0.05) is 54.6 Å². The molecule has 2 N–H and O–H groups in total. The van der Waals surface area contributed by atoms with Crippen molar-refractivity contribution >= 4 is 34.7 Å². The minimum atomic E-state index is -1.01. The highest BCUT2D eigenvalue weighted by molar-refractivity contribution is 7.80. The smallest absolute Gasteiger partial charge is 0.180 e. The predicted molar refractivity (Wildman–Crippen MR) is 140 cm³/mol. The molecule has 0 radical (unpaired) electrons. The maximum Gasteiger partial charge on any atom is 0.180 e. The number of fused-ring (bicyclic) bond motifs is 3. The molecule has 0 spiro atoms. The Hall–Kier alpha value is -3.19. The van der Waals surface area contributed by atoms with Gasteiger partial charge in [0.15, 0.2) is 11.4 Å². The van der Waals surface area contributed by atoms with Gasteiger partial charge in [-0.05, 0) is 52.0 Å². The van der Waals surface area contributed by atoms with Crippen molar-refractivity contribution in [1.82, 2.24) is 9.97 Å². The van der Waals surface area contributed by atoms with Gasteiger partial charge in [0.25, 0.3) is 0 Å². The van der Waals surface area contributed by atoms with E-state index in [4.69, 9.17) is 24.6 Å². The van der Waals surface area contributed by atoms with Crippen molar-refractivity contribution in [2.24, 2.45) is 0 Å². The Morgan fingerprint density at radius 1 is 0.735 bits per heavy atom. The van der Waals surface area contributed by atoms with E-state index in [1.165, 1.54) is 0 Å². The second-order valence-electron chi connectivity index (χ2n) is 9.21. The number of benzene rings is 3. The second kappa shape index (κ2) is 9.22. The molecule has 2 heterocycles. The Labute approximate surface area is 204 Å². The quantitative estimate of drug-likeness (QED) is 0.260. The number of aromatic nitrogens is 2. The molecule has 0 unspecified atom stereocenters. The van der Waals surface area contributed by atoms with E-state index in [1.54, 1.807) is 27.7 Å². The fourth-order valence-electron chi connectivity index (χ4n) is 3.16. The lowest BCUT2D eigenvalue weighted by Crippen LogP contribution is -2.44. The van der Waals surface area contributed by atoms with Crippen molar-refractivity contribution in [3.8, 4) is 22.6 Å². The first-order valence-corrected chi connectivity index (χ1v) is 11.5. The molecular formula is C28H28N2O3S. The molecule has 5 rings (SSSR count). The largest absolute Gasteiger partial charge is 0.452 e. The number of rotatable bonds is 3. The van der Waals surface area contributed by atoms with Crippen LogP contribution in [-0.4, -0.2) is 31.4 Å². The monoisotopic (exact) mass is 472 g/mol. The van der Waals surface area contributed by atoms with E-state index >= 15 is 0 Å². The summed E-state index contributed by atoms with van der Waals surface area (Å²) in [5.74, 6) is 0.666. The number of aliphatic hydroxyl groups is 2. The van der Waals surface area contributed by atoms with E-state index in [1.807, 2.05) is 78.9 Å². The maximum atomic E-state index is 9.10. The SMILES string of the molecule is CC(C)(O)C(C)(C)O.Sc1cccc(-c2nc(-c3ccccc3)c3oc4ccccc4c3n2)c1. The van der Waals surface area contributed by atoms with Gasteiger partial charge < -0.3 is 14.6 Å². The maximum absolute atomic E-state index is 9.10. The average molecular weight is 473 g/mol. The zero-order valence-corrected chi connectivity index (χ0v) is 20.5. The van der Waals surface area contributed by atoms with Crippen LogP contribution in [0.5, 0.6) is 0 Å². The van der Waals surface area contributed by atoms with Crippen molar-refractivity contribution in [3.05, 3.63) is 78.9 Å². The van der Waals surface area contributed by atoms with Crippen LogP contribution in [0.1, 0.15) is 27.7 Å². The fourth-order valence-corrected chi connectivity index (χ4v) is 3.38. The molecule has 6 heteroatoms. The van der Waals surface area contributed by atoms with Crippen LogP contribution in [0.2, 0.25) is 0 Å². The summed E-state index contributed by atoms with van der Waals surface area (Å²) in [7, 11) is 0. The molecule has 0 aliphatic rings. The van der Waals surface area contributed by atoms with Crippen molar-refractivity contribution in [2.75, 3.05) is 0 Å². The van der Waals surface area contributed by atoms with E-state index < -0.39 is 11.2 Å². The minimum absolute atomic E-state index is 0.666. The lowest BCUT2D eigenvalue weighted by atomic mass is 9.90. The van der Waals surface area contributed by atoms with Gasteiger partial charge in [-0.25, -0.2) is 9.97 Å². The summed E-state index contributed by atoms with van der Waals surface area (Å²) >= 11 is 4.45. The number of para-hydroxylation sites is 1. The molecule has 5 nitrogen and oxygen atoms in total. The van der Waals surface area contributed by atoms with Crippen molar-refractivity contribution in [1.29, 1.82) is 0 Å². The molecule has 0 saturated heterocycles. The van der Waals surface area contributed by atoms with Crippen molar-refractivity contribution in [2.45, 2.75) is 43.8 Å². The normalized spacial score (nSPS) is 12.0. The van der Waals surface area contributed by atoms with Crippen LogP contribution in [-0.2, 0) is 0 Å². The highest BCUT2D eigenvalue weighted by Gasteiger charge is 2.32. The first-order valence-electron chi connectivity index (χ1n) is 11.0. The highest BCUT2D eigenvalue weighted by Crippen LogP contribution is 2.35. The summed E-state index contributed by atoms with van der Waals surface area (Å²) in [4.78, 5) is 10.5. The van der Waals surface area contributed by atoms with Gasteiger partial charge in [0.1, 0.15) is 16.8 Å². The molecule has 3 aromatic carbocycles. The lowest BCUT2D eigenvalue weighted by Gasteiger charge is -2.31. The standard InChI is InChI=1S/C22H14N2OS.C6H14O2/c26-16-10-6-9-15(13-16)22-23-19(14-7-2-1-3-8-14)21-20(24-22)17-11-4-5-12-18(17)25-21;1-5(2,7)6(3,4)8/h1-13,26H;7-8H,1-4H3. The van der Waals surface area contributed by atoms with E-state index in [9.17, 15) is 0 Å². The molecule has 2 aromatic heterocycles. The topological polar surface area (TPSA) is 79.4 Å². The molecule has 0 amide bonds. The van der Waals surface area contributed by atoms with Crippen LogP contribution in [0, 0.1) is 0 Å². The Kier molecular flexibility index (Phi) is 6.49. The van der Waals surface area contributed by atoms with Crippen LogP contribution in [0.3, 0.4) is 0 Å². The van der Waals surface area contributed by atoms with E-state index in [2.05, 4.69) is 12.6 Å². The summed E-state index contributed by atoms with van der Waals surface area (Å²) in [6, 6.07) is 25.9. The van der Waals surface area contributed by atoms with Gasteiger partial charge in [0.2, 0.25) is 0 Å². The van der Waals surface area contributed by atoms with Gasteiger partial charge in [0, 0.05) is 21.4 Å². The number of nitrogens with zero attached hydrogens (tertiary/aromatic N) is 2. The molecule has 34 heavy (non-hydrogen) atoms. The Bertz CT molecular complexity index is 1420. The van der Waals surface area contributed by atoms with Crippen LogP contribution >= 0.6 is 12.6 Å². The van der Waals surface area contributed by atoms with Crippen LogP contribution in [0.25, 0.3) is 44.7 Å². The Morgan fingerprint density at radius 2 is 1.35 bits per heavy atom. The summed E-state index contributed by atoms with van der Waals surface area (Å²) in [6.07, 6.45) is 0. The lowest BCUT2D eigenvalue weighted by molar-refractivity contribution is -0.107. The van der Waals surface area contributed by atoms with Crippen molar-refractivity contribution in [3.63, 3.8) is 0 Å². The number of hydrogen-bond donors (Lipinski definition) is 3. The van der Waals surface area contributed by atoms with E-state index in [0.29, 0.717) is 11.4 Å². The minimum Gasteiger partial charge on any atom is -0.452 e. The van der Waals surface area contributed by atoms with Crippen LogP contribution in [0.15, 0.2) is 88.2 Å². The number of hydrogen-bond acceptors (Lipinski definition) is 6. The third kappa shape index (κ3) is 4.99. The Balaban J connectivity index is 0.000000297. The third-order valence-electron chi connectivity index (χ3n) is 5.87. The highest BCUT2D eigenvalue weighted by atomic mass is 32.1. The van der Waals surface area contributed by atoms with Gasteiger partial charge >= 0.3 is 0 Å². The predicted octanol–water partition coefficient (Wildman–Crippen LogP) is 6.53. The first-order chi connectivity index (χ1) is 16.0. The molecule has 0 bridgehead atoms. The van der Waals surface area contributed by atoms with Gasteiger partial charge in [-0.3, -0.25) is 0 Å². The van der Waals surface area contributed by atoms with Gasteiger partial charge in [-0.2, -0.15) is 0 Å². The fraction of sp³-hybridized carbons (Fsp3) is 0.214. The number of thiol groups is 1. The molecule has 0 saturated carbocycles. The Morgan fingerprint density at radius 3 is 2.00 bits per heavy atom. The van der Waals surface area contributed by atoms with Gasteiger partial charge in [-0.15, -0.1) is 12.6 Å². The van der Waals surface area contributed by atoms with Gasteiger partial charge in [0.05, 0.1) is 11.2 Å². The summed E-state index contributed by atoms with van der Waals surface area (Å²) < 4.78 is 6.11. The van der Waals surface area contributed by atoms with Crippen LogP contribution in [0.4, 0.5) is 0 Å². The third-order valence-corrected chi connectivity index (χ3v) is 6.15. The van der Waals surface area contributed by atoms with E-state index in [-0.39, 0.29) is 0 Å². The molecule has 0 aliphatic carbocycles. The molecule has 0 atom stereocenters. The summed E-state index contributed by atoms with van der Waals surface area (Å²) in [5.41, 5.74) is 3.07. The first kappa shape index (κ1) is 24.0. The summed E-state index contributed by atoms with van der Waals surface area (Å²) in [6.45, 7) is 6.31. The average Bonchev–Trinajstić information content (AvgIpc) is 3.17. The molecular weight excluding hydrogens is 444 g/mol. The zero-order valence-electron chi connectivity index (χ0n) is 19.6. The molecule has 5 aromatic rings. The zero-order chi connectivity index (χ0) is 24.5. The molecule has 0 aliphatic heterocycles. The number of furan rings is 1. The van der Waals surface area contributed by atoms with E-state index in [0.717, 1.165) is 38.2 Å².